The molecule has 1 aliphatic heterocycles. The van der Waals surface area contributed by atoms with Gasteiger partial charge in [-0.1, -0.05) is 25.1 Å². The Kier molecular flexibility index (Phi) is 5.56. The predicted octanol–water partition coefficient (Wildman–Crippen LogP) is 3.14. The quantitative estimate of drug-likeness (QED) is 0.813. The Morgan fingerprint density at radius 3 is 2.69 bits per heavy atom. The Bertz CT molecular complexity index is 892. The van der Waals surface area contributed by atoms with E-state index >= 15 is 0 Å². The zero-order chi connectivity index (χ0) is 20.4. The number of nitrogens with one attached hydrogen (secondary N) is 1. The predicted molar refractivity (Wildman–Crippen MR) is 108 cm³/mol. The number of rotatable bonds is 6. The standard InChI is InChI=1S/C22H27FN4O2/c1-2-11-24-22(29)27(16-9-10-16)15-20(28)26-14-13-25-12-5-8-19(25)21(26)17-6-3-4-7-18(17)23/h3-8,12,16,21H,2,9-11,13-15H2,1H3,(H,24,29)/t21-/m0/s1. The number of urea groups is 1. The maximum absolute atomic E-state index is 14.7. The monoisotopic (exact) mass is 398 g/mol. The number of nitrogens with zero attached hydrogens (tertiary/aromatic N) is 3. The fourth-order valence-electron chi connectivity index (χ4n) is 4.00. The van der Waals surface area contributed by atoms with Crippen LogP contribution in [0, 0.1) is 5.82 Å². The second-order valence-electron chi connectivity index (χ2n) is 7.73. The molecule has 0 saturated heterocycles. The first-order valence-electron chi connectivity index (χ1n) is 10.3. The van der Waals surface area contributed by atoms with Crippen LogP contribution in [0.5, 0.6) is 0 Å². The highest BCUT2D eigenvalue weighted by Gasteiger charge is 2.38. The van der Waals surface area contributed by atoms with Crippen molar-refractivity contribution >= 4 is 11.9 Å². The van der Waals surface area contributed by atoms with E-state index in [1.807, 2.05) is 25.3 Å². The smallest absolute Gasteiger partial charge is 0.318 e. The van der Waals surface area contributed by atoms with E-state index in [2.05, 4.69) is 9.88 Å². The average molecular weight is 398 g/mol. The van der Waals surface area contributed by atoms with E-state index in [0.29, 0.717) is 25.2 Å². The second-order valence-corrected chi connectivity index (χ2v) is 7.73. The molecule has 0 radical (unpaired) electrons. The Morgan fingerprint density at radius 2 is 1.97 bits per heavy atom. The van der Waals surface area contributed by atoms with Gasteiger partial charge in [-0.3, -0.25) is 4.79 Å². The number of carbonyl (C=O) groups is 2. The molecule has 2 heterocycles. The van der Waals surface area contributed by atoms with E-state index in [-0.39, 0.29) is 30.3 Å². The van der Waals surface area contributed by atoms with Gasteiger partial charge in [0.2, 0.25) is 5.91 Å². The van der Waals surface area contributed by atoms with Gasteiger partial charge in [0.05, 0.1) is 0 Å². The summed E-state index contributed by atoms with van der Waals surface area (Å²) < 4.78 is 16.7. The molecule has 1 aliphatic carbocycles. The number of benzene rings is 1. The molecule has 3 amide bonds. The van der Waals surface area contributed by atoms with Gasteiger partial charge in [-0.05, 0) is 37.5 Å². The summed E-state index contributed by atoms with van der Waals surface area (Å²) in [6, 6.07) is 9.89. The molecule has 29 heavy (non-hydrogen) atoms. The molecular formula is C22H27FN4O2. The summed E-state index contributed by atoms with van der Waals surface area (Å²) in [4.78, 5) is 29.2. The number of aromatic nitrogens is 1. The van der Waals surface area contributed by atoms with Crippen molar-refractivity contribution in [1.82, 2.24) is 19.7 Å². The SMILES string of the molecule is CCCNC(=O)N(CC(=O)N1CCn2cccc2[C@@H]1c1ccccc1F)C1CC1. The van der Waals surface area contributed by atoms with Gasteiger partial charge in [0.1, 0.15) is 18.4 Å². The molecule has 0 spiro atoms. The first-order valence-corrected chi connectivity index (χ1v) is 10.3. The highest BCUT2D eigenvalue weighted by atomic mass is 19.1. The molecule has 1 atom stereocenters. The number of halogens is 1. The van der Waals surface area contributed by atoms with Crippen LogP contribution in [-0.2, 0) is 11.3 Å². The molecule has 1 saturated carbocycles. The van der Waals surface area contributed by atoms with E-state index in [0.717, 1.165) is 25.0 Å². The molecule has 1 aromatic heterocycles. The minimum atomic E-state index is -0.493. The van der Waals surface area contributed by atoms with E-state index in [9.17, 15) is 14.0 Å². The van der Waals surface area contributed by atoms with Crippen molar-refractivity contribution in [2.45, 2.75) is 44.8 Å². The summed E-state index contributed by atoms with van der Waals surface area (Å²) in [6.07, 6.45) is 4.65. The van der Waals surface area contributed by atoms with Crippen molar-refractivity contribution in [3.63, 3.8) is 0 Å². The number of amides is 3. The van der Waals surface area contributed by atoms with Crippen LogP contribution in [0.2, 0.25) is 0 Å². The molecule has 1 aromatic carbocycles. The molecule has 4 rings (SSSR count). The van der Waals surface area contributed by atoms with E-state index < -0.39 is 6.04 Å². The fourth-order valence-corrected chi connectivity index (χ4v) is 4.00. The molecule has 1 fully saturated rings. The van der Waals surface area contributed by atoms with Gasteiger partial charge in [0, 0.05) is 43.1 Å². The topological polar surface area (TPSA) is 57.6 Å². The summed E-state index contributed by atoms with van der Waals surface area (Å²) >= 11 is 0. The van der Waals surface area contributed by atoms with Gasteiger partial charge in [-0.25, -0.2) is 9.18 Å². The van der Waals surface area contributed by atoms with Crippen molar-refractivity contribution in [1.29, 1.82) is 0 Å². The van der Waals surface area contributed by atoms with Crippen LogP contribution in [0.15, 0.2) is 42.6 Å². The first kappa shape index (κ1) is 19.5. The first-order chi connectivity index (χ1) is 14.1. The second kappa shape index (κ2) is 8.27. The molecule has 154 valence electrons. The van der Waals surface area contributed by atoms with Crippen LogP contribution in [0.4, 0.5) is 9.18 Å². The van der Waals surface area contributed by atoms with Gasteiger partial charge in [-0.2, -0.15) is 0 Å². The molecule has 0 unspecified atom stereocenters. The number of hydrogen-bond acceptors (Lipinski definition) is 2. The third kappa shape index (κ3) is 3.99. The third-order valence-corrected chi connectivity index (χ3v) is 5.64. The lowest BCUT2D eigenvalue weighted by Crippen LogP contribution is -2.50. The third-order valence-electron chi connectivity index (χ3n) is 5.64. The van der Waals surface area contributed by atoms with Gasteiger partial charge in [0.15, 0.2) is 0 Å². The lowest BCUT2D eigenvalue weighted by atomic mass is 9.99. The maximum Gasteiger partial charge on any atom is 0.318 e. The normalized spacial score (nSPS) is 18.3. The van der Waals surface area contributed by atoms with Gasteiger partial charge in [-0.15, -0.1) is 0 Å². The highest BCUT2D eigenvalue weighted by molar-refractivity contribution is 5.85. The Morgan fingerprint density at radius 1 is 1.17 bits per heavy atom. The number of carbonyl (C=O) groups excluding carboxylic acids is 2. The van der Waals surface area contributed by atoms with Gasteiger partial charge in [0.25, 0.3) is 0 Å². The molecular weight excluding hydrogens is 371 g/mol. The van der Waals surface area contributed by atoms with E-state index in [1.165, 1.54) is 6.07 Å². The lowest BCUT2D eigenvalue weighted by Gasteiger charge is -2.38. The van der Waals surface area contributed by atoms with Crippen molar-refractivity contribution in [2.24, 2.45) is 0 Å². The minimum absolute atomic E-state index is 0.0197. The molecule has 2 aromatic rings. The number of hydrogen-bond donors (Lipinski definition) is 1. The highest BCUT2D eigenvalue weighted by Crippen LogP contribution is 2.34. The Hall–Kier alpha value is -2.83. The maximum atomic E-state index is 14.7. The minimum Gasteiger partial charge on any atom is -0.348 e. The van der Waals surface area contributed by atoms with Crippen LogP contribution in [0.25, 0.3) is 0 Å². The summed E-state index contributed by atoms with van der Waals surface area (Å²) in [5, 5.41) is 2.88. The molecule has 2 aliphatic rings. The molecule has 0 bridgehead atoms. The lowest BCUT2D eigenvalue weighted by molar-refractivity contribution is -0.134. The van der Waals surface area contributed by atoms with Crippen molar-refractivity contribution in [3.8, 4) is 0 Å². The van der Waals surface area contributed by atoms with Crippen molar-refractivity contribution < 1.29 is 14.0 Å². The zero-order valence-electron chi connectivity index (χ0n) is 16.7. The van der Waals surface area contributed by atoms with E-state index in [1.54, 1.807) is 28.0 Å². The summed E-state index contributed by atoms with van der Waals surface area (Å²) in [7, 11) is 0. The average Bonchev–Trinajstić information content (AvgIpc) is 3.45. The van der Waals surface area contributed by atoms with Crippen LogP contribution in [0.3, 0.4) is 0 Å². The summed E-state index contributed by atoms with van der Waals surface area (Å²) in [5.41, 5.74) is 1.37. The van der Waals surface area contributed by atoms with Crippen LogP contribution < -0.4 is 5.32 Å². The largest absolute Gasteiger partial charge is 0.348 e. The Labute approximate surface area is 170 Å². The summed E-state index contributed by atoms with van der Waals surface area (Å²) in [6.45, 7) is 3.74. The van der Waals surface area contributed by atoms with Crippen molar-refractivity contribution in [2.75, 3.05) is 19.6 Å². The van der Waals surface area contributed by atoms with Gasteiger partial charge >= 0.3 is 6.03 Å². The Balaban J connectivity index is 1.59. The zero-order valence-corrected chi connectivity index (χ0v) is 16.7. The molecule has 1 N–H and O–H groups in total. The van der Waals surface area contributed by atoms with Crippen LogP contribution >= 0.6 is 0 Å². The van der Waals surface area contributed by atoms with Crippen LogP contribution in [-0.4, -0.2) is 52.0 Å². The molecule has 6 nitrogen and oxygen atoms in total. The number of fused-ring (bicyclic) bond motifs is 1. The van der Waals surface area contributed by atoms with E-state index in [4.69, 9.17) is 0 Å². The van der Waals surface area contributed by atoms with Crippen molar-refractivity contribution in [3.05, 3.63) is 59.7 Å². The molecule has 7 heteroatoms. The summed E-state index contributed by atoms with van der Waals surface area (Å²) in [5.74, 6) is -0.478. The van der Waals surface area contributed by atoms with Crippen LogP contribution in [0.1, 0.15) is 43.5 Å². The fraction of sp³-hybridized carbons (Fsp3) is 0.455. The van der Waals surface area contributed by atoms with Gasteiger partial charge < -0.3 is 19.7 Å².